The van der Waals surface area contributed by atoms with Gasteiger partial charge in [0.2, 0.25) is 0 Å². The lowest BCUT2D eigenvalue weighted by molar-refractivity contribution is -0.123. The molecule has 0 bridgehead atoms. The van der Waals surface area contributed by atoms with Crippen molar-refractivity contribution in [2.24, 2.45) is 5.84 Å². The lowest BCUT2D eigenvalue weighted by Gasteiger charge is -2.13. The van der Waals surface area contributed by atoms with Crippen molar-refractivity contribution in [3.63, 3.8) is 0 Å². The molecule has 1 atom stereocenters. The summed E-state index contributed by atoms with van der Waals surface area (Å²) in [5, 5.41) is 1.10. The first-order valence-corrected chi connectivity index (χ1v) is 5.69. The van der Waals surface area contributed by atoms with E-state index < -0.39 is 0 Å². The number of hydrazine groups is 1. The summed E-state index contributed by atoms with van der Waals surface area (Å²) in [6.45, 7) is 1.81. The first kappa shape index (κ1) is 11.2. The Morgan fingerprint density at radius 2 is 2.25 bits per heavy atom. The van der Waals surface area contributed by atoms with Gasteiger partial charge in [0.25, 0.3) is 5.91 Å². The predicted molar refractivity (Wildman–Crippen MR) is 66.7 cm³/mol. The Kier molecular flexibility index (Phi) is 2.98. The summed E-state index contributed by atoms with van der Waals surface area (Å²) in [5.74, 6) is 4.92. The Bertz CT molecular complexity index is 535. The highest BCUT2D eigenvalue weighted by atomic mass is 79.9. The van der Waals surface area contributed by atoms with Gasteiger partial charge < -0.3 is 4.57 Å². The van der Waals surface area contributed by atoms with Gasteiger partial charge in [-0.3, -0.25) is 10.2 Å². The van der Waals surface area contributed by atoms with Crippen LogP contribution in [0.15, 0.2) is 34.9 Å². The van der Waals surface area contributed by atoms with Gasteiger partial charge in [-0.2, -0.15) is 0 Å². The molecule has 0 radical (unpaired) electrons. The summed E-state index contributed by atoms with van der Waals surface area (Å²) in [6, 6.07) is 7.61. The quantitative estimate of drug-likeness (QED) is 0.502. The van der Waals surface area contributed by atoms with Gasteiger partial charge in [-0.05, 0) is 30.5 Å². The number of carbonyl (C=O) groups is 1. The van der Waals surface area contributed by atoms with Crippen LogP contribution in [0, 0.1) is 0 Å². The summed E-state index contributed by atoms with van der Waals surface area (Å²) in [4.78, 5) is 11.5. The van der Waals surface area contributed by atoms with E-state index >= 15 is 0 Å². The number of aromatic nitrogens is 1. The molecule has 2 rings (SSSR count). The first-order valence-electron chi connectivity index (χ1n) is 4.90. The molecule has 0 saturated carbocycles. The summed E-state index contributed by atoms with van der Waals surface area (Å²) < 4.78 is 2.88. The number of nitrogens with zero attached hydrogens (tertiary/aromatic N) is 1. The number of hydrogen-bond donors (Lipinski definition) is 2. The SMILES string of the molecule is CC(C(=O)NN)n1ccc2ccc(Br)cc21. The standard InChI is InChI=1S/C11H12BrN3O/c1-7(11(16)14-13)15-5-4-8-2-3-9(12)6-10(8)15/h2-7H,13H2,1H3,(H,14,16). The van der Waals surface area contributed by atoms with Crippen molar-refractivity contribution in [1.29, 1.82) is 0 Å². The van der Waals surface area contributed by atoms with E-state index in [1.807, 2.05) is 42.0 Å². The minimum absolute atomic E-state index is 0.211. The second-order valence-corrected chi connectivity index (χ2v) is 4.53. The molecule has 0 aliphatic heterocycles. The molecule has 84 valence electrons. The van der Waals surface area contributed by atoms with Crippen LogP contribution in [0.4, 0.5) is 0 Å². The number of halogens is 1. The van der Waals surface area contributed by atoms with Crippen LogP contribution in [0.25, 0.3) is 10.9 Å². The lowest BCUT2D eigenvalue weighted by atomic mass is 10.2. The molecular formula is C11H12BrN3O. The third-order valence-electron chi connectivity index (χ3n) is 2.62. The van der Waals surface area contributed by atoms with Gasteiger partial charge in [0, 0.05) is 16.2 Å². The highest BCUT2D eigenvalue weighted by Gasteiger charge is 2.15. The normalized spacial score (nSPS) is 12.7. The van der Waals surface area contributed by atoms with Gasteiger partial charge in [-0.15, -0.1) is 0 Å². The number of hydrogen-bond acceptors (Lipinski definition) is 2. The molecule has 0 saturated heterocycles. The van der Waals surface area contributed by atoms with Crippen LogP contribution in [-0.2, 0) is 4.79 Å². The Hall–Kier alpha value is -1.33. The zero-order valence-electron chi connectivity index (χ0n) is 8.77. The third-order valence-corrected chi connectivity index (χ3v) is 3.12. The predicted octanol–water partition coefficient (Wildman–Crippen LogP) is 1.95. The number of nitrogens with one attached hydrogen (secondary N) is 1. The molecule has 3 N–H and O–H groups in total. The summed E-state index contributed by atoms with van der Waals surface area (Å²) in [6.07, 6.45) is 1.89. The van der Waals surface area contributed by atoms with E-state index in [2.05, 4.69) is 21.4 Å². The Labute approximate surface area is 102 Å². The zero-order valence-corrected chi connectivity index (χ0v) is 10.4. The van der Waals surface area contributed by atoms with Gasteiger partial charge in [0.1, 0.15) is 6.04 Å². The molecule has 16 heavy (non-hydrogen) atoms. The molecule has 0 aliphatic rings. The van der Waals surface area contributed by atoms with Crippen molar-refractivity contribution in [3.05, 3.63) is 34.9 Å². The Morgan fingerprint density at radius 3 is 2.94 bits per heavy atom. The van der Waals surface area contributed by atoms with Crippen LogP contribution in [-0.4, -0.2) is 10.5 Å². The number of benzene rings is 1. The van der Waals surface area contributed by atoms with Crippen LogP contribution in [0.1, 0.15) is 13.0 Å². The average Bonchev–Trinajstić information content (AvgIpc) is 2.69. The molecule has 0 aliphatic carbocycles. The molecule has 1 aromatic heterocycles. The maximum absolute atomic E-state index is 11.5. The number of fused-ring (bicyclic) bond motifs is 1. The minimum atomic E-state index is -0.322. The van der Waals surface area contributed by atoms with Crippen molar-refractivity contribution in [2.45, 2.75) is 13.0 Å². The van der Waals surface area contributed by atoms with Crippen LogP contribution in [0.5, 0.6) is 0 Å². The van der Waals surface area contributed by atoms with E-state index in [0.29, 0.717) is 0 Å². The van der Waals surface area contributed by atoms with Crippen LogP contribution in [0.3, 0.4) is 0 Å². The molecule has 5 heteroatoms. The smallest absolute Gasteiger partial charge is 0.256 e. The number of rotatable bonds is 2. The fourth-order valence-electron chi connectivity index (χ4n) is 1.71. The monoisotopic (exact) mass is 281 g/mol. The fourth-order valence-corrected chi connectivity index (χ4v) is 2.06. The molecule has 1 heterocycles. The van der Waals surface area contributed by atoms with Gasteiger partial charge in [0.15, 0.2) is 0 Å². The number of amides is 1. The van der Waals surface area contributed by atoms with Gasteiger partial charge >= 0.3 is 0 Å². The second-order valence-electron chi connectivity index (χ2n) is 3.61. The third kappa shape index (κ3) is 1.83. The van der Waals surface area contributed by atoms with Crippen molar-refractivity contribution < 1.29 is 4.79 Å². The van der Waals surface area contributed by atoms with Crippen molar-refractivity contribution in [1.82, 2.24) is 9.99 Å². The zero-order chi connectivity index (χ0) is 11.7. The molecule has 1 unspecified atom stereocenters. The molecule has 1 aromatic carbocycles. The maximum atomic E-state index is 11.5. The van der Waals surface area contributed by atoms with Crippen LogP contribution >= 0.6 is 15.9 Å². The lowest BCUT2D eigenvalue weighted by Crippen LogP contribution is -2.35. The highest BCUT2D eigenvalue weighted by Crippen LogP contribution is 2.23. The summed E-state index contributed by atoms with van der Waals surface area (Å²) >= 11 is 3.42. The van der Waals surface area contributed by atoms with Gasteiger partial charge in [-0.25, -0.2) is 5.84 Å². The number of carbonyl (C=O) groups excluding carboxylic acids is 1. The van der Waals surface area contributed by atoms with E-state index in [-0.39, 0.29) is 11.9 Å². The van der Waals surface area contributed by atoms with Gasteiger partial charge in [0.05, 0.1) is 0 Å². The van der Waals surface area contributed by atoms with E-state index in [9.17, 15) is 4.79 Å². The van der Waals surface area contributed by atoms with Crippen molar-refractivity contribution in [3.8, 4) is 0 Å². The first-order chi connectivity index (χ1) is 7.63. The van der Waals surface area contributed by atoms with Crippen molar-refractivity contribution >= 4 is 32.7 Å². The largest absolute Gasteiger partial charge is 0.335 e. The molecule has 0 spiro atoms. The molecular weight excluding hydrogens is 270 g/mol. The highest BCUT2D eigenvalue weighted by molar-refractivity contribution is 9.10. The van der Waals surface area contributed by atoms with E-state index in [1.165, 1.54) is 0 Å². The van der Waals surface area contributed by atoms with E-state index in [0.717, 1.165) is 15.4 Å². The second kappa shape index (κ2) is 4.27. The van der Waals surface area contributed by atoms with E-state index in [4.69, 9.17) is 5.84 Å². The summed E-state index contributed by atoms with van der Waals surface area (Å²) in [5.41, 5.74) is 3.17. The average molecular weight is 282 g/mol. The number of nitrogens with two attached hydrogens (primary N) is 1. The van der Waals surface area contributed by atoms with E-state index in [1.54, 1.807) is 0 Å². The van der Waals surface area contributed by atoms with Crippen LogP contribution in [0.2, 0.25) is 0 Å². The molecule has 2 aromatic rings. The Morgan fingerprint density at radius 1 is 1.50 bits per heavy atom. The molecule has 0 fully saturated rings. The fraction of sp³-hybridized carbons (Fsp3) is 0.182. The Balaban J connectivity index is 2.52. The van der Waals surface area contributed by atoms with Gasteiger partial charge in [-0.1, -0.05) is 22.0 Å². The maximum Gasteiger partial charge on any atom is 0.256 e. The van der Waals surface area contributed by atoms with Crippen LogP contribution < -0.4 is 11.3 Å². The molecule has 1 amide bonds. The van der Waals surface area contributed by atoms with Crippen molar-refractivity contribution in [2.75, 3.05) is 0 Å². The molecule has 4 nitrogen and oxygen atoms in total. The minimum Gasteiger partial charge on any atom is -0.335 e. The summed E-state index contributed by atoms with van der Waals surface area (Å²) in [7, 11) is 0. The topological polar surface area (TPSA) is 60.1 Å².